The lowest BCUT2D eigenvalue weighted by atomic mass is 10.0. The number of β-amino-alcohol motifs (C(OH)–C–C–N with tert-alkyl or cyclic N) is 1. The number of carbonyl (C=O) groups is 2. The maximum absolute atomic E-state index is 13.5. The minimum Gasteiger partial charge on any atom is -0.395 e. The molecule has 25 heavy (non-hydrogen) atoms. The Morgan fingerprint density at radius 1 is 1.04 bits per heavy atom. The van der Waals surface area contributed by atoms with Crippen LogP contribution in [0.1, 0.15) is 0 Å². The van der Waals surface area contributed by atoms with Crippen molar-refractivity contribution in [2.75, 3.05) is 18.5 Å². The highest BCUT2D eigenvalue weighted by atomic mass is 19.2. The second-order valence-corrected chi connectivity index (χ2v) is 5.38. The van der Waals surface area contributed by atoms with E-state index in [1.165, 1.54) is 6.07 Å². The Hall–Kier alpha value is -3.06. The van der Waals surface area contributed by atoms with Crippen LogP contribution in [-0.2, 0) is 9.59 Å². The summed E-state index contributed by atoms with van der Waals surface area (Å²) in [6.07, 6.45) is 1.14. The number of aliphatic hydroxyl groups is 1. The van der Waals surface area contributed by atoms with E-state index >= 15 is 0 Å². The molecule has 0 unspecified atom stereocenters. The molecule has 2 N–H and O–H groups in total. The first-order valence-corrected chi connectivity index (χ1v) is 7.51. The first-order chi connectivity index (χ1) is 12.0. The SMILES string of the molecule is O=C1C=C(Nc2ccccc2-c2ccc(F)c(F)c2)C(=O)N1CCO. The summed E-state index contributed by atoms with van der Waals surface area (Å²) in [5.41, 5.74) is 1.48. The van der Waals surface area contributed by atoms with E-state index in [4.69, 9.17) is 5.11 Å². The number of amides is 2. The molecule has 0 radical (unpaired) electrons. The predicted octanol–water partition coefficient (Wildman–Crippen LogP) is 2.29. The van der Waals surface area contributed by atoms with Gasteiger partial charge in [-0.25, -0.2) is 8.78 Å². The number of halogens is 2. The number of imide groups is 1. The molecule has 128 valence electrons. The molecule has 0 aromatic heterocycles. The highest BCUT2D eigenvalue weighted by molar-refractivity contribution is 6.17. The first-order valence-electron chi connectivity index (χ1n) is 7.51. The lowest BCUT2D eigenvalue weighted by Crippen LogP contribution is -2.34. The summed E-state index contributed by atoms with van der Waals surface area (Å²) < 4.78 is 26.7. The van der Waals surface area contributed by atoms with Crippen LogP contribution in [0.4, 0.5) is 14.5 Å². The highest BCUT2D eigenvalue weighted by Gasteiger charge is 2.30. The van der Waals surface area contributed by atoms with Crippen molar-refractivity contribution in [3.05, 3.63) is 65.9 Å². The quantitative estimate of drug-likeness (QED) is 0.817. The lowest BCUT2D eigenvalue weighted by Gasteiger charge is -2.15. The van der Waals surface area contributed by atoms with Crippen LogP contribution in [0, 0.1) is 11.6 Å². The molecule has 0 aliphatic carbocycles. The average Bonchev–Trinajstić information content (AvgIpc) is 2.86. The van der Waals surface area contributed by atoms with Crippen LogP contribution in [0.15, 0.2) is 54.2 Å². The summed E-state index contributed by atoms with van der Waals surface area (Å²) in [7, 11) is 0. The summed E-state index contributed by atoms with van der Waals surface area (Å²) in [5.74, 6) is -3.01. The second kappa shape index (κ2) is 6.82. The average molecular weight is 344 g/mol. The largest absolute Gasteiger partial charge is 0.395 e. The number of hydrogen-bond acceptors (Lipinski definition) is 4. The van der Waals surface area contributed by atoms with Crippen LogP contribution in [0.25, 0.3) is 11.1 Å². The number of aliphatic hydroxyl groups excluding tert-OH is 1. The fourth-order valence-electron chi connectivity index (χ4n) is 2.56. The van der Waals surface area contributed by atoms with Crippen molar-refractivity contribution < 1.29 is 23.5 Å². The molecule has 0 saturated carbocycles. The van der Waals surface area contributed by atoms with Crippen LogP contribution in [0.3, 0.4) is 0 Å². The van der Waals surface area contributed by atoms with Gasteiger partial charge in [0.25, 0.3) is 11.8 Å². The first kappa shape index (κ1) is 16.8. The molecule has 0 atom stereocenters. The van der Waals surface area contributed by atoms with Crippen molar-refractivity contribution >= 4 is 17.5 Å². The van der Waals surface area contributed by atoms with Crippen molar-refractivity contribution in [2.45, 2.75) is 0 Å². The van der Waals surface area contributed by atoms with E-state index < -0.39 is 23.4 Å². The van der Waals surface area contributed by atoms with Gasteiger partial charge in [0.05, 0.1) is 13.2 Å². The van der Waals surface area contributed by atoms with E-state index in [0.717, 1.165) is 23.1 Å². The minimum absolute atomic E-state index is 0.0495. The maximum Gasteiger partial charge on any atom is 0.277 e. The van der Waals surface area contributed by atoms with Gasteiger partial charge in [0.2, 0.25) is 0 Å². The normalized spacial score (nSPS) is 14.0. The Labute approximate surface area is 142 Å². The van der Waals surface area contributed by atoms with Gasteiger partial charge in [0.15, 0.2) is 11.6 Å². The molecule has 5 nitrogen and oxygen atoms in total. The van der Waals surface area contributed by atoms with E-state index in [1.807, 2.05) is 0 Å². The van der Waals surface area contributed by atoms with E-state index in [-0.39, 0.29) is 18.8 Å². The molecule has 0 spiro atoms. The van der Waals surface area contributed by atoms with Gasteiger partial charge in [0.1, 0.15) is 5.70 Å². The number of carbonyl (C=O) groups excluding carboxylic acids is 2. The molecular weight excluding hydrogens is 330 g/mol. The van der Waals surface area contributed by atoms with Crippen molar-refractivity contribution in [1.29, 1.82) is 0 Å². The topological polar surface area (TPSA) is 69.6 Å². The zero-order valence-electron chi connectivity index (χ0n) is 13.0. The van der Waals surface area contributed by atoms with E-state index in [0.29, 0.717) is 16.8 Å². The maximum atomic E-state index is 13.5. The van der Waals surface area contributed by atoms with Crippen molar-refractivity contribution in [1.82, 2.24) is 4.90 Å². The second-order valence-electron chi connectivity index (χ2n) is 5.38. The van der Waals surface area contributed by atoms with Crippen molar-refractivity contribution in [2.24, 2.45) is 0 Å². The number of anilines is 1. The molecule has 1 aliphatic heterocycles. The zero-order valence-corrected chi connectivity index (χ0v) is 13.0. The Kier molecular flexibility index (Phi) is 4.58. The van der Waals surface area contributed by atoms with Gasteiger partial charge in [-0.05, 0) is 23.8 Å². The summed E-state index contributed by atoms with van der Waals surface area (Å²) in [6, 6.07) is 10.3. The van der Waals surface area contributed by atoms with E-state index in [1.54, 1.807) is 24.3 Å². The lowest BCUT2D eigenvalue weighted by molar-refractivity contribution is -0.137. The van der Waals surface area contributed by atoms with Crippen molar-refractivity contribution in [3.63, 3.8) is 0 Å². The smallest absolute Gasteiger partial charge is 0.277 e. The molecule has 2 aromatic carbocycles. The van der Waals surface area contributed by atoms with Crippen LogP contribution in [0.2, 0.25) is 0 Å². The third-order valence-electron chi connectivity index (χ3n) is 3.76. The number of rotatable bonds is 5. The minimum atomic E-state index is -0.979. The third-order valence-corrected chi connectivity index (χ3v) is 3.76. The van der Waals surface area contributed by atoms with Crippen LogP contribution in [0.5, 0.6) is 0 Å². The van der Waals surface area contributed by atoms with Gasteiger partial charge in [0, 0.05) is 17.3 Å². The molecular formula is C18H14F2N2O3. The number of nitrogens with zero attached hydrogens (tertiary/aromatic N) is 1. The molecule has 2 amide bonds. The number of nitrogens with one attached hydrogen (secondary N) is 1. The van der Waals surface area contributed by atoms with E-state index in [9.17, 15) is 18.4 Å². The fourth-order valence-corrected chi connectivity index (χ4v) is 2.56. The van der Waals surface area contributed by atoms with Crippen molar-refractivity contribution in [3.8, 4) is 11.1 Å². The van der Waals surface area contributed by atoms with Gasteiger partial charge >= 0.3 is 0 Å². The van der Waals surface area contributed by atoms with Crippen LogP contribution >= 0.6 is 0 Å². The van der Waals surface area contributed by atoms with Gasteiger partial charge in [-0.3, -0.25) is 14.5 Å². The standard InChI is InChI=1S/C18H14F2N2O3/c19-13-6-5-11(9-14(13)20)12-3-1-2-4-15(12)21-16-10-17(24)22(7-8-23)18(16)25/h1-6,9-10,21,23H,7-8H2. The van der Waals surface area contributed by atoms with E-state index in [2.05, 4.69) is 5.32 Å². The Morgan fingerprint density at radius 3 is 2.52 bits per heavy atom. The van der Waals surface area contributed by atoms with Gasteiger partial charge < -0.3 is 10.4 Å². The van der Waals surface area contributed by atoms with Gasteiger partial charge in [-0.2, -0.15) is 0 Å². The predicted molar refractivity (Wildman–Crippen MR) is 87.3 cm³/mol. The molecule has 1 aliphatic rings. The zero-order chi connectivity index (χ0) is 18.0. The monoisotopic (exact) mass is 344 g/mol. The molecule has 3 rings (SSSR count). The van der Waals surface area contributed by atoms with Gasteiger partial charge in [-0.15, -0.1) is 0 Å². The number of hydrogen-bond donors (Lipinski definition) is 2. The molecule has 1 heterocycles. The summed E-state index contributed by atoms with van der Waals surface area (Å²) >= 11 is 0. The third kappa shape index (κ3) is 3.27. The summed E-state index contributed by atoms with van der Waals surface area (Å²) in [4.78, 5) is 24.9. The molecule has 2 aromatic rings. The Bertz CT molecular complexity index is 880. The Morgan fingerprint density at radius 2 is 1.80 bits per heavy atom. The highest BCUT2D eigenvalue weighted by Crippen LogP contribution is 2.30. The van der Waals surface area contributed by atoms with Gasteiger partial charge in [-0.1, -0.05) is 24.3 Å². The summed E-state index contributed by atoms with van der Waals surface area (Å²) in [5, 5.41) is 11.8. The van der Waals surface area contributed by atoms with Crippen LogP contribution in [-0.4, -0.2) is 35.0 Å². The number of para-hydroxylation sites is 1. The molecule has 0 saturated heterocycles. The fraction of sp³-hybridized carbons (Fsp3) is 0.111. The molecule has 0 bridgehead atoms. The Balaban J connectivity index is 1.92. The van der Waals surface area contributed by atoms with Crippen LogP contribution < -0.4 is 5.32 Å². The summed E-state index contributed by atoms with van der Waals surface area (Å²) in [6.45, 7) is -0.422. The molecule has 7 heteroatoms. The number of benzene rings is 2. The molecule has 0 fully saturated rings.